The van der Waals surface area contributed by atoms with Gasteiger partial charge in [-0.05, 0) is 24.6 Å². The van der Waals surface area contributed by atoms with Crippen LogP contribution in [0.1, 0.15) is 4.88 Å². The third-order valence-electron chi connectivity index (χ3n) is 2.48. The Kier molecular flexibility index (Phi) is 4.63. The number of halogens is 2. The second kappa shape index (κ2) is 6.23. The number of nitrogens with one attached hydrogen (secondary N) is 1. The Morgan fingerprint density at radius 3 is 2.63 bits per heavy atom. The van der Waals surface area contributed by atoms with E-state index >= 15 is 0 Å². The smallest absolute Gasteiger partial charge is 0.271 e. The summed E-state index contributed by atoms with van der Waals surface area (Å²) < 4.78 is 0.767. The highest BCUT2D eigenvalue weighted by molar-refractivity contribution is 7.16. The van der Waals surface area contributed by atoms with Crippen LogP contribution in [0.3, 0.4) is 0 Å². The lowest BCUT2D eigenvalue weighted by Gasteiger charge is -2.07. The second-order valence-corrected chi connectivity index (χ2v) is 6.01. The number of hydrogen-bond donors (Lipinski definition) is 1. The van der Waals surface area contributed by atoms with Crippen LogP contribution in [0.4, 0.5) is 11.4 Å². The van der Waals surface area contributed by atoms with Crippen LogP contribution in [0.2, 0.25) is 9.36 Å². The standard InChI is InChI=1S/C12H10Cl2N2O2S/c13-10-7-8(16(17)18)1-3-11(10)15-6-5-9-2-4-12(14)19-9/h1-4,7,15H,5-6H2. The molecule has 0 bridgehead atoms. The lowest BCUT2D eigenvalue weighted by Crippen LogP contribution is -2.04. The maximum atomic E-state index is 10.6. The Hall–Kier alpha value is -1.30. The first-order valence-electron chi connectivity index (χ1n) is 5.48. The molecule has 0 aliphatic rings. The van der Waals surface area contributed by atoms with Gasteiger partial charge in [-0.15, -0.1) is 11.3 Å². The number of benzene rings is 1. The van der Waals surface area contributed by atoms with Gasteiger partial charge >= 0.3 is 0 Å². The molecule has 1 N–H and O–H groups in total. The molecule has 0 fully saturated rings. The molecule has 2 aromatic rings. The highest BCUT2D eigenvalue weighted by Gasteiger charge is 2.09. The number of nitrogens with zero attached hydrogens (tertiary/aromatic N) is 1. The molecule has 0 saturated carbocycles. The van der Waals surface area contributed by atoms with E-state index in [9.17, 15) is 10.1 Å². The molecule has 0 amide bonds. The maximum absolute atomic E-state index is 10.6. The molecule has 1 heterocycles. The summed E-state index contributed by atoms with van der Waals surface area (Å²) in [5.74, 6) is 0. The molecule has 1 aromatic carbocycles. The van der Waals surface area contributed by atoms with E-state index in [4.69, 9.17) is 23.2 Å². The lowest BCUT2D eigenvalue weighted by molar-refractivity contribution is -0.384. The SMILES string of the molecule is O=[N+]([O-])c1ccc(NCCc2ccc(Cl)s2)c(Cl)c1. The fourth-order valence-corrected chi connectivity index (χ4v) is 2.90. The Morgan fingerprint density at radius 2 is 2.05 bits per heavy atom. The van der Waals surface area contributed by atoms with Gasteiger partial charge in [0.1, 0.15) is 0 Å². The van der Waals surface area contributed by atoms with Crippen LogP contribution in [0, 0.1) is 10.1 Å². The average Bonchev–Trinajstić information content (AvgIpc) is 2.77. The largest absolute Gasteiger partial charge is 0.383 e. The second-order valence-electron chi connectivity index (χ2n) is 3.80. The van der Waals surface area contributed by atoms with Crippen molar-refractivity contribution in [1.29, 1.82) is 0 Å². The number of nitro benzene ring substituents is 1. The first-order valence-corrected chi connectivity index (χ1v) is 7.05. The monoisotopic (exact) mass is 316 g/mol. The molecule has 0 aliphatic carbocycles. The van der Waals surface area contributed by atoms with Crippen molar-refractivity contribution in [3.8, 4) is 0 Å². The maximum Gasteiger partial charge on any atom is 0.271 e. The molecule has 0 radical (unpaired) electrons. The summed E-state index contributed by atoms with van der Waals surface area (Å²) in [5.41, 5.74) is 0.676. The van der Waals surface area contributed by atoms with Gasteiger partial charge in [-0.3, -0.25) is 10.1 Å². The molecule has 19 heavy (non-hydrogen) atoms. The van der Waals surface area contributed by atoms with Crippen molar-refractivity contribution >= 4 is 45.9 Å². The number of hydrogen-bond acceptors (Lipinski definition) is 4. The number of nitro groups is 1. The zero-order valence-corrected chi connectivity index (χ0v) is 12.1. The molecular formula is C12H10Cl2N2O2S. The quantitative estimate of drug-likeness (QED) is 0.647. The summed E-state index contributed by atoms with van der Waals surface area (Å²) in [6.07, 6.45) is 0.824. The third kappa shape index (κ3) is 3.83. The molecule has 0 unspecified atom stereocenters. The highest BCUT2D eigenvalue weighted by Crippen LogP contribution is 2.27. The first kappa shape index (κ1) is 14.1. The van der Waals surface area contributed by atoms with E-state index in [0.717, 1.165) is 10.8 Å². The Balaban J connectivity index is 1.94. The Morgan fingerprint density at radius 1 is 1.26 bits per heavy atom. The van der Waals surface area contributed by atoms with Crippen LogP contribution >= 0.6 is 34.5 Å². The van der Waals surface area contributed by atoms with Crippen LogP contribution < -0.4 is 5.32 Å². The van der Waals surface area contributed by atoms with E-state index in [1.165, 1.54) is 28.3 Å². The summed E-state index contributed by atoms with van der Waals surface area (Å²) in [5, 5.41) is 14.1. The van der Waals surface area contributed by atoms with Gasteiger partial charge in [0, 0.05) is 23.6 Å². The predicted octanol–water partition coefficient (Wildman–Crippen LogP) is 4.62. The third-order valence-corrected chi connectivity index (χ3v) is 4.08. The van der Waals surface area contributed by atoms with Gasteiger partial charge in [-0.25, -0.2) is 0 Å². The summed E-state index contributed by atoms with van der Waals surface area (Å²) in [6, 6.07) is 8.22. The van der Waals surface area contributed by atoms with Gasteiger partial charge in [0.2, 0.25) is 0 Å². The van der Waals surface area contributed by atoms with Crippen molar-refractivity contribution in [2.45, 2.75) is 6.42 Å². The molecule has 0 saturated heterocycles. The van der Waals surface area contributed by atoms with Crippen molar-refractivity contribution < 1.29 is 4.92 Å². The predicted molar refractivity (Wildman–Crippen MR) is 79.6 cm³/mol. The van der Waals surface area contributed by atoms with Crippen LogP contribution in [0.25, 0.3) is 0 Å². The van der Waals surface area contributed by atoms with E-state index in [2.05, 4.69) is 5.32 Å². The number of non-ortho nitro benzene ring substituents is 1. The topological polar surface area (TPSA) is 55.2 Å². The van der Waals surface area contributed by atoms with Crippen molar-refractivity contribution in [2.75, 3.05) is 11.9 Å². The minimum Gasteiger partial charge on any atom is -0.383 e. The minimum absolute atomic E-state index is 0.0133. The van der Waals surface area contributed by atoms with Gasteiger partial charge in [-0.2, -0.15) is 0 Å². The van der Waals surface area contributed by atoms with Crippen molar-refractivity contribution in [2.24, 2.45) is 0 Å². The number of thiophene rings is 1. The summed E-state index contributed by atoms with van der Waals surface area (Å²) in [7, 11) is 0. The molecule has 0 atom stereocenters. The Bertz CT molecular complexity index is 601. The summed E-state index contributed by atoms with van der Waals surface area (Å²) in [6.45, 7) is 0.689. The van der Waals surface area contributed by atoms with Crippen molar-refractivity contribution in [1.82, 2.24) is 0 Å². The lowest BCUT2D eigenvalue weighted by atomic mass is 10.2. The molecule has 4 nitrogen and oxygen atoms in total. The highest BCUT2D eigenvalue weighted by atomic mass is 35.5. The molecule has 0 spiro atoms. The van der Waals surface area contributed by atoms with Gasteiger partial charge in [0.25, 0.3) is 5.69 Å². The fraction of sp³-hybridized carbons (Fsp3) is 0.167. The van der Waals surface area contributed by atoms with Gasteiger partial charge in [0.15, 0.2) is 0 Å². The van der Waals surface area contributed by atoms with Crippen molar-refractivity contribution in [3.63, 3.8) is 0 Å². The number of rotatable bonds is 5. The van der Waals surface area contributed by atoms with Gasteiger partial charge in [-0.1, -0.05) is 23.2 Å². The molecule has 7 heteroatoms. The molecule has 100 valence electrons. The first-order chi connectivity index (χ1) is 9.06. The normalized spacial score (nSPS) is 10.4. The van der Waals surface area contributed by atoms with Gasteiger partial charge in [0.05, 0.1) is 20.0 Å². The van der Waals surface area contributed by atoms with E-state index < -0.39 is 4.92 Å². The zero-order chi connectivity index (χ0) is 13.8. The minimum atomic E-state index is -0.469. The van der Waals surface area contributed by atoms with E-state index in [0.29, 0.717) is 17.3 Å². The van der Waals surface area contributed by atoms with Crippen LogP contribution in [0.5, 0.6) is 0 Å². The van der Waals surface area contributed by atoms with E-state index in [-0.39, 0.29) is 5.69 Å². The van der Waals surface area contributed by atoms with E-state index in [1.807, 2.05) is 12.1 Å². The average molecular weight is 317 g/mol. The fourth-order valence-electron chi connectivity index (χ4n) is 1.57. The number of anilines is 1. The van der Waals surface area contributed by atoms with Crippen molar-refractivity contribution in [3.05, 3.63) is 54.7 Å². The Labute approximate surface area is 124 Å². The summed E-state index contributed by atoms with van der Waals surface area (Å²) in [4.78, 5) is 11.3. The zero-order valence-electron chi connectivity index (χ0n) is 9.73. The van der Waals surface area contributed by atoms with Crippen LogP contribution in [-0.2, 0) is 6.42 Å². The molecule has 2 rings (SSSR count). The molecular weight excluding hydrogens is 307 g/mol. The van der Waals surface area contributed by atoms with Crippen LogP contribution in [-0.4, -0.2) is 11.5 Å². The van der Waals surface area contributed by atoms with Gasteiger partial charge < -0.3 is 5.32 Å². The molecule has 1 aromatic heterocycles. The summed E-state index contributed by atoms with van der Waals surface area (Å²) >= 11 is 13.4. The van der Waals surface area contributed by atoms with Crippen LogP contribution in [0.15, 0.2) is 30.3 Å². The molecule has 0 aliphatic heterocycles. The van der Waals surface area contributed by atoms with E-state index in [1.54, 1.807) is 6.07 Å².